The molecular weight excluding hydrogens is 494 g/mol. The van der Waals surface area contributed by atoms with E-state index in [1.54, 1.807) is 7.11 Å². The van der Waals surface area contributed by atoms with Crippen molar-refractivity contribution in [2.75, 3.05) is 12.0 Å². The first kappa shape index (κ1) is 22.9. The zero-order valence-electron chi connectivity index (χ0n) is 21.9. The van der Waals surface area contributed by atoms with Gasteiger partial charge in [-0.25, -0.2) is 0 Å². The molecule has 0 radical (unpaired) electrons. The Kier molecular flexibility index (Phi) is 4.83. The average Bonchev–Trinajstić information content (AvgIpc) is 3.01. The number of benzene rings is 6. The SMILES string of the molecule is COc1ccccc1N1C(=O)C2(c3ccccc3Oc3ccccc32)C1c1c2ccccc2cc2ccccc12. The van der Waals surface area contributed by atoms with Crippen molar-refractivity contribution in [3.63, 3.8) is 0 Å². The Labute approximate surface area is 232 Å². The van der Waals surface area contributed by atoms with Crippen LogP contribution in [0.25, 0.3) is 21.5 Å². The molecule has 1 fully saturated rings. The normalized spacial score (nSPS) is 16.8. The van der Waals surface area contributed by atoms with E-state index in [1.165, 1.54) is 0 Å². The van der Waals surface area contributed by atoms with Gasteiger partial charge in [0.1, 0.15) is 22.7 Å². The summed E-state index contributed by atoms with van der Waals surface area (Å²) in [7, 11) is 1.65. The van der Waals surface area contributed by atoms with Gasteiger partial charge in [-0.1, -0.05) is 97.1 Å². The van der Waals surface area contributed by atoms with Crippen LogP contribution in [-0.2, 0) is 10.2 Å². The minimum Gasteiger partial charge on any atom is -0.495 e. The van der Waals surface area contributed by atoms with Crippen molar-refractivity contribution >= 4 is 33.1 Å². The van der Waals surface area contributed by atoms with E-state index in [4.69, 9.17) is 9.47 Å². The smallest absolute Gasteiger partial charge is 0.245 e. The molecule has 6 aromatic rings. The van der Waals surface area contributed by atoms with Gasteiger partial charge in [0, 0.05) is 11.1 Å². The second kappa shape index (κ2) is 8.45. The molecule has 2 aliphatic heterocycles. The third-order valence-electron chi connectivity index (χ3n) is 8.50. The van der Waals surface area contributed by atoms with E-state index < -0.39 is 5.41 Å². The summed E-state index contributed by atoms with van der Waals surface area (Å²) in [4.78, 5) is 16.9. The van der Waals surface area contributed by atoms with E-state index in [9.17, 15) is 0 Å². The Morgan fingerprint density at radius 1 is 0.675 bits per heavy atom. The summed E-state index contributed by atoms with van der Waals surface area (Å²) >= 11 is 0. The summed E-state index contributed by atoms with van der Waals surface area (Å²) in [6.07, 6.45) is 0. The summed E-state index contributed by atoms with van der Waals surface area (Å²) in [5.41, 5.74) is 2.65. The highest BCUT2D eigenvalue weighted by Gasteiger charge is 2.67. The topological polar surface area (TPSA) is 38.8 Å². The van der Waals surface area contributed by atoms with E-state index in [0.717, 1.165) is 43.9 Å². The fourth-order valence-corrected chi connectivity index (χ4v) is 6.87. The van der Waals surface area contributed by atoms with E-state index >= 15 is 4.79 Å². The van der Waals surface area contributed by atoms with Crippen molar-refractivity contribution in [3.8, 4) is 17.2 Å². The molecule has 4 nitrogen and oxygen atoms in total. The monoisotopic (exact) mass is 519 g/mol. The minimum atomic E-state index is -0.987. The van der Waals surface area contributed by atoms with Crippen LogP contribution in [-0.4, -0.2) is 13.0 Å². The third-order valence-corrected chi connectivity index (χ3v) is 8.50. The van der Waals surface area contributed by atoms with Crippen LogP contribution in [0.4, 0.5) is 5.69 Å². The van der Waals surface area contributed by atoms with Crippen molar-refractivity contribution in [2.45, 2.75) is 11.5 Å². The number of nitrogens with zero attached hydrogens (tertiary/aromatic N) is 1. The predicted octanol–water partition coefficient (Wildman–Crippen LogP) is 8.18. The maximum absolute atomic E-state index is 15.0. The van der Waals surface area contributed by atoms with Gasteiger partial charge in [-0.2, -0.15) is 0 Å². The number of ether oxygens (including phenoxy) is 2. The van der Waals surface area contributed by atoms with E-state index in [-0.39, 0.29) is 11.9 Å². The molecule has 4 heteroatoms. The molecule has 2 aliphatic rings. The fraction of sp³-hybridized carbons (Fsp3) is 0.0833. The molecule has 1 amide bonds. The molecule has 192 valence electrons. The van der Waals surface area contributed by atoms with Crippen LogP contribution in [0.15, 0.2) is 127 Å². The van der Waals surface area contributed by atoms with Crippen LogP contribution in [0.1, 0.15) is 22.7 Å². The largest absolute Gasteiger partial charge is 0.495 e. The van der Waals surface area contributed by atoms with Crippen molar-refractivity contribution in [3.05, 3.63) is 144 Å². The minimum absolute atomic E-state index is 0.00205. The predicted molar refractivity (Wildman–Crippen MR) is 158 cm³/mol. The van der Waals surface area contributed by atoms with E-state index in [2.05, 4.69) is 54.6 Å². The van der Waals surface area contributed by atoms with Gasteiger partial charge in [0.05, 0.1) is 18.8 Å². The van der Waals surface area contributed by atoms with Gasteiger partial charge >= 0.3 is 0 Å². The Morgan fingerprint density at radius 3 is 1.82 bits per heavy atom. The number of β-lactam (4-membered cyclic amide) rings is 1. The number of hydrogen-bond donors (Lipinski definition) is 0. The molecule has 0 aromatic heterocycles. The van der Waals surface area contributed by atoms with Crippen LogP contribution < -0.4 is 14.4 Å². The molecular formula is C36H25NO3. The average molecular weight is 520 g/mol. The van der Waals surface area contributed by atoms with Gasteiger partial charge < -0.3 is 9.47 Å². The number of anilines is 1. The number of carbonyl (C=O) groups is 1. The first-order chi connectivity index (χ1) is 19.7. The number of hydrogen-bond acceptors (Lipinski definition) is 3. The van der Waals surface area contributed by atoms with Gasteiger partial charge in [-0.3, -0.25) is 9.69 Å². The van der Waals surface area contributed by atoms with Crippen molar-refractivity contribution in [1.82, 2.24) is 0 Å². The molecule has 1 unspecified atom stereocenters. The number of fused-ring (bicyclic) bond motifs is 6. The second-order valence-corrected chi connectivity index (χ2v) is 10.4. The molecule has 40 heavy (non-hydrogen) atoms. The Morgan fingerprint density at radius 2 is 1.20 bits per heavy atom. The Hall–Kier alpha value is -5.09. The number of amides is 1. The number of rotatable bonds is 3. The number of carbonyl (C=O) groups excluding carboxylic acids is 1. The zero-order chi connectivity index (χ0) is 26.8. The van der Waals surface area contributed by atoms with Crippen LogP contribution in [0.2, 0.25) is 0 Å². The highest BCUT2D eigenvalue weighted by molar-refractivity contribution is 6.17. The third kappa shape index (κ3) is 2.88. The maximum atomic E-state index is 15.0. The molecule has 0 aliphatic carbocycles. The first-order valence-electron chi connectivity index (χ1n) is 13.5. The lowest BCUT2D eigenvalue weighted by Crippen LogP contribution is -2.67. The summed E-state index contributed by atoms with van der Waals surface area (Å²) in [6.45, 7) is 0. The molecule has 0 N–H and O–H groups in total. The fourth-order valence-electron chi connectivity index (χ4n) is 6.87. The summed E-state index contributed by atoms with van der Waals surface area (Å²) < 4.78 is 12.2. The van der Waals surface area contributed by atoms with Crippen LogP contribution >= 0.6 is 0 Å². The summed E-state index contributed by atoms with van der Waals surface area (Å²) in [5, 5.41) is 4.53. The van der Waals surface area contributed by atoms with Gasteiger partial charge in [-0.05, 0) is 57.4 Å². The highest BCUT2D eigenvalue weighted by Crippen LogP contribution is 2.65. The molecule has 6 aromatic carbocycles. The van der Waals surface area contributed by atoms with Gasteiger partial charge in [-0.15, -0.1) is 0 Å². The lowest BCUT2D eigenvalue weighted by molar-refractivity contribution is -0.131. The lowest BCUT2D eigenvalue weighted by atomic mass is 9.57. The number of methoxy groups -OCH3 is 1. The molecule has 8 rings (SSSR count). The van der Waals surface area contributed by atoms with Crippen molar-refractivity contribution < 1.29 is 14.3 Å². The van der Waals surface area contributed by atoms with Crippen molar-refractivity contribution in [1.29, 1.82) is 0 Å². The Bertz CT molecular complexity index is 1880. The number of para-hydroxylation sites is 4. The lowest BCUT2D eigenvalue weighted by Gasteiger charge is -2.58. The van der Waals surface area contributed by atoms with Crippen molar-refractivity contribution in [2.24, 2.45) is 0 Å². The molecule has 2 heterocycles. The molecule has 1 spiro atoms. The van der Waals surface area contributed by atoms with Gasteiger partial charge in [0.2, 0.25) is 5.91 Å². The molecule has 0 bridgehead atoms. The van der Waals surface area contributed by atoms with Crippen LogP contribution in [0.5, 0.6) is 17.2 Å². The highest BCUT2D eigenvalue weighted by atomic mass is 16.5. The second-order valence-electron chi connectivity index (χ2n) is 10.4. The van der Waals surface area contributed by atoms with Gasteiger partial charge in [0.25, 0.3) is 0 Å². The van der Waals surface area contributed by atoms with E-state index in [1.807, 2.05) is 77.7 Å². The standard InChI is InChI=1S/C36H25NO3/c1-39-32-21-11-8-18-29(32)37-34(33-25-14-4-2-12-23(25)22-24-13-3-5-15-26(24)33)36(35(37)38)27-16-6-9-19-30(27)40-31-20-10-7-17-28(31)36/h2-22,34H,1H3. The molecule has 1 atom stereocenters. The molecule has 1 saturated heterocycles. The molecule has 0 saturated carbocycles. The summed E-state index contributed by atoms with van der Waals surface area (Å²) in [6, 6.07) is 42.5. The summed E-state index contributed by atoms with van der Waals surface area (Å²) in [5.74, 6) is 2.09. The first-order valence-corrected chi connectivity index (χ1v) is 13.5. The van der Waals surface area contributed by atoms with Crippen LogP contribution in [0.3, 0.4) is 0 Å². The quantitative estimate of drug-likeness (QED) is 0.175. The van der Waals surface area contributed by atoms with Gasteiger partial charge in [0.15, 0.2) is 0 Å². The van der Waals surface area contributed by atoms with Crippen LogP contribution in [0, 0.1) is 0 Å². The van der Waals surface area contributed by atoms with E-state index in [0.29, 0.717) is 17.2 Å². The zero-order valence-corrected chi connectivity index (χ0v) is 21.9. The maximum Gasteiger partial charge on any atom is 0.245 e. The Balaban J connectivity index is 1.54.